The van der Waals surface area contributed by atoms with Gasteiger partial charge in [-0.15, -0.1) is 13.2 Å². The highest BCUT2D eigenvalue weighted by Gasteiger charge is 2.58. The fourth-order valence-electron chi connectivity index (χ4n) is 12.2. The van der Waals surface area contributed by atoms with Crippen molar-refractivity contribution >= 4 is 0 Å². The predicted octanol–water partition coefficient (Wildman–Crippen LogP) is 11.7. The second-order valence-electron chi connectivity index (χ2n) is 21.4. The lowest BCUT2D eigenvalue weighted by atomic mass is 9.44. The third-order valence-corrected chi connectivity index (χ3v) is 16.4. The third-order valence-electron chi connectivity index (χ3n) is 16.4. The van der Waals surface area contributed by atoms with Crippen LogP contribution in [0.4, 0.5) is 0 Å². The summed E-state index contributed by atoms with van der Waals surface area (Å²) in [5.41, 5.74) is 13.1. The van der Waals surface area contributed by atoms with Gasteiger partial charge in [0.15, 0.2) is 0 Å². The summed E-state index contributed by atoms with van der Waals surface area (Å²) in [7, 11) is 0. The Morgan fingerprint density at radius 2 is 0.757 bits per heavy atom. The van der Waals surface area contributed by atoms with Crippen molar-refractivity contribution in [3.8, 4) is 45.3 Å². The summed E-state index contributed by atoms with van der Waals surface area (Å²) < 4.78 is 45.6. The summed E-state index contributed by atoms with van der Waals surface area (Å²) in [6.45, 7) is 26.0. The second kappa shape index (κ2) is 25.7. The summed E-state index contributed by atoms with van der Waals surface area (Å²) in [4.78, 5) is 21.3. The van der Waals surface area contributed by atoms with E-state index in [1.165, 1.54) is 35.4 Å². The molecule has 0 saturated heterocycles. The van der Waals surface area contributed by atoms with Gasteiger partial charge in [-0.1, -0.05) is 82.3 Å². The van der Waals surface area contributed by atoms with Gasteiger partial charge in [0.05, 0.1) is 127 Å². The molecule has 394 valence electrons. The van der Waals surface area contributed by atoms with E-state index in [1.54, 1.807) is 12.2 Å². The number of pyridine rings is 4. The number of aromatic nitrogens is 4. The van der Waals surface area contributed by atoms with Gasteiger partial charge in [0.2, 0.25) is 0 Å². The van der Waals surface area contributed by atoms with Gasteiger partial charge in [-0.2, -0.15) is 0 Å². The molecule has 2 fully saturated rings. The maximum absolute atomic E-state index is 6.12. The monoisotopic (exact) mass is 1010 g/mol. The van der Waals surface area contributed by atoms with E-state index in [4.69, 9.17) is 57.8 Å². The zero-order valence-corrected chi connectivity index (χ0v) is 44.3. The van der Waals surface area contributed by atoms with Crippen LogP contribution in [0.5, 0.6) is 0 Å². The van der Waals surface area contributed by atoms with Crippen molar-refractivity contribution < 1.29 is 37.9 Å². The molecule has 5 aromatic rings. The molecule has 4 bridgehead atoms. The number of hydrogen-bond acceptors (Lipinski definition) is 12. The Hall–Kier alpha value is -5.02. The fourth-order valence-corrected chi connectivity index (χ4v) is 12.2. The minimum atomic E-state index is 0.238. The van der Waals surface area contributed by atoms with E-state index in [1.807, 2.05) is 0 Å². The Morgan fingerprint density at radius 3 is 1.14 bits per heavy atom. The van der Waals surface area contributed by atoms with Crippen molar-refractivity contribution in [1.29, 1.82) is 0 Å². The summed E-state index contributed by atoms with van der Waals surface area (Å²) >= 11 is 0. The van der Waals surface area contributed by atoms with Crippen molar-refractivity contribution in [2.24, 2.45) is 22.7 Å². The molecular weight excluding hydrogens is 929 g/mol. The van der Waals surface area contributed by atoms with Gasteiger partial charge in [0, 0.05) is 47.6 Å². The number of nitrogens with zero attached hydrogens (tertiary/aromatic N) is 4. The third kappa shape index (κ3) is 12.5. The van der Waals surface area contributed by atoms with Gasteiger partial charge in [-0.05, 0) is 114 Å². The smallest absolute Gasteiger partial charge is 0.0893 e. The largest absolute Gasteiger partial charge is 0.379 e. The maximum Gasteiger partial charge on any atom is 0.0893 e. The molecule has 6 aliphatic carbocycles. The second-order valence-corrected chi connectivity index (χ2v) is 21.4. The number of rotatable bonds is 32. The first-order valence-electron chi connectivity index (χ1n) is 27.1. The normalized spacial score (nSPS) is 21.5. The van der Waals surface area contributed by atoms with Gasteiger partial charge in [-0.25, -0.2) is 9.97 Å². The van der Waals surface area contributed by atoms with Crippen LogP contribution in [0.25, 0.3) is 45.3 Å². The van der Waals surface area contributed by atoms with Crippen molar-refractivity contribution in [1.82, 2.24) is 19.9 Å². The maximum atomic E-state index is 6.12. The van der Waals surface area contributed by atoms with Crippen LogP contribution in [0.1, 0.15) is 99.6 Å². The molecule has 6 aliphatic rings. The molecule has 12 heteroatoms. The van der Waals surface area contributed by atoms with E-state index in [2.05, 4.69) is 126 Å². The topological polar surface area (TPSA) is 125 Å². The fraction of sp³-hybridized carbons (Fsp3) is 0.516. The minimum Gasteiger partial charge on any atom is -0.379 e. The van der Waals surface area contributed by atoms with Gasteiger partial charge in [0.1, 0.15) is 0 Å². The van der Waals surface area contributed by atoms with Crippen LogP contribution >= 0.6 is 0 Å². The van der Waals surface area contributed by atoms with Crippen molar-refractivity contribution in [2.45, 2.75) is 77.0 Å². The first-order chi connectivity index (χ1) is 36.2. The van der Waals surface area contributed by atoms with Crippen molar-refractivity contribution in [2.75, 3.05) is 106 Å². The molecule has 0 spiro atoms. The molecule has 0 N–H and O–H groups in total. The summed E-state index contributed by atoms with van der Waals surface area (Å²) in [5.74, 6) is 2.84. The minimum absolute atomic E-state index is 0.238. The summed E-state index contributed by atoms with van der Waals surface area (Å²) in [6.07, 6.45) is 7.74. The van der Waals surface area contributed by atoms with E-state index in [-0.39, 0.29) is 10.8 Å². The molecule has 1 aromatic carbocycles. The molecule has 2 saturated carbocycles. The average Bonchev–Trinajstić information content (AvgIpc) is 3.42. The molecule has 0 amide bonds. The van der Waals surface area contributed by atoms with Crippen LogP contribution in [0.2, 0.25) is 0 Å². The highest BCUT2D eigenvalue weighted by atomic mass is 16.6. The molecule has 11 rings (SSSR count). The van der Waals surface area contributed by atoms with Crippen LogP contribution in [0.3, 0.4) is 0 Å². The first-order valence-corrected chi connectivity index (χ1v) is 27.1. The molecular formula is C62H78N4O8. The molecule has 0 unspecified atom stereocenters. The molecule has 4 aromatic heterocycles. The average molecular weight is 1010 g/mol. The molecule has 6 atom stereocenters. The van der Waals surface area contributed by atoms with Crippen LogP contribution in [-0.4, -0.2) is 126 Å². The molecule has 0 radical (unpaired) electrons. The lowest BCUT2D eigenvalue weighted by Gasteiger charge is -2.60. The van der Waals surface area contributed by atoms with E-state index >= 15 is 0 Å². The Kier molecular flexibility index (Phi) is 18.7. The number of ether oxygens (including phenoxy) is 8. The van der Waals surface area contributed by atoms with Gasteiger partial charge in [0.25, 0.3) is 0 Å². The van der Waals surface area contributed by atoms with E-state index in [0.717, 1.165) is 58.1 Å². The summed E-state index contributed by atoms with van der Waals surface area (Å²) in [5, 5.41) is 0. The van der Waals surface area contributed by atoms with Crippen LogP contribution in [-0.2, 0) is 37.9 Å². The Bertz CT molecular complexity index is 2460. The highest BCUT2D eigenvalue weighted by molar-refractivity contribution is 5.72. The van der Waals surface area contributed by atoms with Crippen LogP contribution < -0.4 is 0 Å². The molecule has 74 heavy (non-hydrogen) atoms. The zero-order chi connectivity index (χ0) is 51.3. The van der Waals surface area contributed by atoms with Gasteiger partial charge in [-0.3, -0.25) is 9.97 Å². The molecule has 12 nitrogen and oxygen atoms in total. The van der Waals surface area contributed by atoms with Crippen molar-refractivity contribution in [3.05, 3.63) is 133 Å². The first kappa shape index (κ1) is 53.8. The number of benzene rings is 1. The Morgan fingerprint density at radius 1 is 0.419 bits per heavy atom. The van der Waals surface area contributed by atoms with Gasteiger partial charge < -0.3 is 37.9 Å². The van der Waals surface area contributed by atoms with Gasteiger partial charge >= 0.3 is 0 Å². The molecule has 0 aliphatic heterocycles. The van der Waals surface area contributed by atoms with E-state index < -0.39 is 0 Å². The van der Waals surface area contributed by atoms with Crippen LogP contribution in [0.15, 0.2) is 110 Å². The predicted molar refractivity (Wildman–Crippen MR) is 290 cm³/mol. The Balaban J connectivity index is 0.818. The summed E-state index contributed by atoms with van der Waals surface area (Å²) in [6, 6.07) is 30.0. The standard InChI is InChI=1S/C62H78N4O8/c1-7-24-67-28-32-71-36-38-73-34-30-69-26-22-47-51-41-49(61(51,3)4)45-18-20-57(65-59(45)47)55-16-10-14-53(63-55)43-12-9-13-44(40-43)54-15-11-17-56(64-54)58-21-19-46-50-42-52(62(50,5)6)48(60(46)66-58)23-27-70-31-35-74-39-37-72-33-29-68-25-8-2/h7-21,40,47-52H,1-2,22-39,41-42H2,3-6H3/t47-,48-,49+,50+,51-,52-/m1/s1. The van der Waals surface area contributed by atoms with E-state index in [0.29, 0.717) is 141 Å². The quantitative estimate of drug-likeness (QED) is 0.0301. The SMILES string of the molecule is C=CCOCCOCCOCCOCC[C@H]1c2nc(-c3cccc(-c4cccc(-c5cccc(-c6ccc7c(n6)[C@H](CCOCCOCCOCCOCC=C)[C@H]6C[C@@H]7C6(C)C)n5)c4)n3)ccc2[C@@H]2C[C@H]1C2(C)C. The Labute approximate surface area is 439 Å². The molecule has 4 heterocycles. The number of hydrogen-bond donors (Lipinski definition) is 0. The highest BCUT2D eigenvalue weighted by Crippen LogP contribution is 2.68. The lowest BCUT2D eigenvalue weighted by Crippen LogP contribution is -2.50. The van der Waals surface area contributed by atoms with Crippen molar-refractivity contribution in [3.63, 3.8) is 0 Å². The van der Waals surface area contributed by atoms with Crippen LogP contribution in [0, 0.1) is 22.7 Å². The van der Waals surface area contributed by atoms with E-state index in [9.17, 15) is 0 Å². The zero-order valence-electron chi connectivity index (χ0n) is 44.3. The lowest BCUT2D eigenvalue weighted by molar-refractivity contribution is -0.0239.